The second-order valence-corrected chi connectivity index (χ2v) is 8.96. The molecule has 0 heterocycles. The minimum atomic E-state index is 0.226. The van der Waals surface area contributed by atoms with E-state index in [-0.39, 0.29) is 10.8 Å². The smallest absolute Gasteiger partial charge is 0.0683 e. The SMILES string of the molecule is CC.CC(C)(C)c1ccc([SH+]c2ccc(C(C)(C)C)cc2)cc1. The van der Waals surface area contributed by atoms with Crippen molar-refractivity contribution in [1.29, 1.82) is 0 Å². The monoisotopic (exact) mass is 329 g/mol. The van der Waals surface area contributed by atoms with Gasteiger partial charge in [-0.05, 0) is 46.2 Å². The number of hydrogen-bond donors (Lipinski definition) is 0. The van der Waals surface area contributed by atoms with E-state index in [4.69, 9.17) is 0 Å². The lowest BCUT2D eigenvalue weighted by Crippen LogP contribution is -2.11. The summed E-state index contributed by atoms with van der Waals surface area (Å²) in [6, 6.07) is 18.0. The molecule has 2 rings (SSSR count). The molecule has 2 aromatic rings. The summed E-state index contributed by atoms with van der Waals surface area (Å²) < 4.78 is 0. The van der Waals surface area contributed by atoms with Crippen molar-refractivity contribution in [3.8, 4) is 0 Å². The van der Waals surface area contributed by atoms with Crippen molar-refractivity contribution in [2.45, 2.75) is 76.0 Å². The van der Waals surface area contributed by atoms with E-state index in [0.29, 0.717) is 0 Å². The van der Waals surface area contributed by atoms with E-state index in [1.165, 1.54) is 32.7 Å². The number of thiol groups is 1. The Hall–Kier alpha value is -1.21. The summed E-state index contributed by atoms with van der Waals surface area (Å²) in [7, 11) is 0. The largest absolute Gasteiger partial charge is 0.158 e. The summed E-state index contributed by atoms with van der Waals surface area (Å²) in [5, 5.41) is 0. The maximum absolute atomic E-state index is 2.26. The standard InChI is InChI=1S/C20H26S.C2H6/c1-19(2,3)15-7-11-17(12-8-15)21-18-13-9-16(10-14-18)20(4,5)6;1-2/h7-14H,1-6H3;1-2H3/p+1. The van der Waals surface area contributed by atoms with Gasteiger partial charge in [-0.25, -0.2) is 0 Å². The molecule has 2 aromatic carbocycles. The molecule has 23 heavy (non-hydrogen) atoms. The van der Waals surface area contributed by atoms with Gasteiger partial charge >= 0.3 is 0 Å². The van der Waals surface area contributed by atoms with E-state index in [1.807, 2.05) is 13.8 Å². The Morgan fingerprint density at radius 3 is 1.00 bits per heavy atom. The fraction of sp³-hybridized carbons (Fsp3) is 0.455. The van der Waals surface area contributed by atoms with Gasteiger partial charge < -0.3 is 0 Å². The van der Waals surface area contributed by atoms with Crippen molar-refractivity contribution in [2.24, 2.45) is 0 Å². The molecule has 0 bridgehead atoms. The molecule has 0 spiro atoms. The summed E-state index contributed by atoms with van der Waals surface area (Å²) in [6.07, 6.45) is 0. The Morgan fingerprint density at radius 2 is 0.783 bits per heavy atom. The summed E-state index contributed by atoms with van der Waals surface area (Å²) in [6.45, 7) is 17.5. The van der Waals surface area contributed by atoms with Gasteiger partial charge in [0.1, 0.15) is 0 Å². The Morgan fingerprint density at radius 1 is 0.522 bits per heavy atom. The summed E-state index contributed by atoms with van der Waals surface area (Å²) in [4.78, 5) is 2.71. The van der Waals surface area contributed by atoms with Gasteiger partial charge in [0, 0.05) is 11.8 Å². The van der Waals surface area contributed by atoms with Gasteiger partial charge in [0.2, 0.25) is 0 Å². The molecule has 0 aromatic heterocycles. The normalized spacial score (nSPS) is 11.7. The van der Waals surface area contributed by atoms with E-state index in [0.717, 1.165) is 0 Å². The fourth-order valence-electron chi connectivity index (χ4n) is 2.22. The molecule has 0 amide bonds. The molecule has 0 N–H and O–H groups in total. The third kappa shape index (κ3) is 6.06. The minimum absolute atomic E-state index is 0.226. The van der Waals surface area contributed by atoms with Crippen molar-refractivity contribution >= 4 is 11.8 Å². The highest BCUT2D eigenvalue weighted by molar-refractivity contribution is 7.78. The van der Waals surface area contributed by atoms with Gasteiger partial charge in [0.15, 0.2) is 9.79 Å². The van der Waals surface area contributed by atoms with Crippen LogP contribution in [-0.2, 0) is 22.6 Å². The Kier molecular flexibility index (Phi) is 6.95. The van der Waals surface area contributed by atoms with Gasteiger partial charge in [-0.15, -0.1) is 0 Å². The van der Waals surface area contributed by atoms with Gasteiger partial charge in [0.25, 0.3) is 0 Å². The first-order valence-electron chi connectivity index (χ1n) is 8.59. The Labute approximate surface area is 147 Å². The van der Waals surface area contributed by atoms with Crippen LogP contribution in [0.3, 0.4) is 0 Å². The zero-order valence-corrected chi connectivity index (χ0v) is 17.0. The molecule has 0 radical (unpaired) electrons. The van der Waals surface area contributed by atoms with Gasteiger partial charge in [0.05, 0.1) is 0 Å². The molecule has 0 aliphatic rings. The van der Waals surface area contributed by atoms with Crippen LogP contribution < -0.4 is 0 Å². The predicted octanol–water partition coefficient (Wildman–Crippen LogP) is 6.54. The van der Waals surface area contributed by atoms with E-state index in [9.17, 15) is 0 Å². The predicted molar refractivity (Wildman–Crippen MR) is 107 cm³/mol. The molecule has 0 atom stereocenters. The van der Waals surface area contributed by atoms with Crippen LogP contribution in [0.25, 0.3) is 0 Å². The molecule has 0 unspecified atom stereocenters. The number of benzene rings is 2. The topological polar surface area (TPSA) is 0 Å². The van der Waals surface area contributed by atoms with Crippen LogP contribution in [0.1, 0.15) is 66.5 Å². The van der Waals surface area contributed by atoms with E-state index < -0.39 is 0 Å². The highest BCUT2D eigenvalue weighted by Crippen LogP contribution is 2.25. The molecule has 0 aliphatic heterocycles. The molecule has 0 saturated carbocycles. The fourth-order valence-corrected chi connectivity index (χ4v) is 3.12. The van der Waals surface area contributed by atoms with Crippen LogP contribution in [0, 0.1) is 0 Å². The van der Waals surface area contributed by atoms with Crippen molar-refractivity contribution in [2.75, 3.05) is 0 Å². The lowest BCUT2D eigenvalue weighted by atomic mass is 9.87. The minimum Gasteiger partial charge on any atom is -0.0683 e. The highest BCUT2D eigenvalue weighted by Gasteiger charge is 2.16. The number of rotatable bonds is 2. The van der Waals surface area contributed by atoms with Crippen LogP contribution in [0.5, 0.6) is 0 Å². The van der Waals surface area contributed by atoms with E-state index in [2.05, 4.69) is 90.1 Å². The molecule has 1 heteroatoms. The number of hydrogen-bond acceptors (Lipinski definition) is 0. The maximum atomic E-state index is 2.26. The Balaban J connectivity index is 0.00000127. The van der Waals surface area contributed by atoms with E-state index >= 15 is 0 Å². The molecule has 0 aliphatic carbocycles. The second-order valence-electron chi connectivity index (χ2n) is 7.71. The first-order valence-corrected chi connectivity index (χ1v) is 9.48. The quantitative estimate of drug-likeness (QED) is 0.433. The average molecular weight is 330 g/mol. The molecule has 126 valence electrons. The van der Waals surface area contributed by atoms with Crippen LogP contribution in [-0.4, -0.2) is 0 Å². The maximum Gasteiger partial charge on any atom is 0.158 e. The summed E-state index contributed by atoms with van der Waals surface area (Å²) in [5.41, 5.74) is 3.24. The zero-order chi connectivity index (χ0) is 17.7. The summed E-state index contributed by atoms with van der Waals surface area (Å²) in [5.74, 6) is 0. The first-order chi connectivity index (χ1) is 10.7. The van der Waals surface area contributed by atoms with Crippen molar-refractivity contribution in [3.63, 3.8) is 0 Å². The van der Waals surface area contributed by atoms with E-state index in [1.54, 1.807) is 0 Å². The third-order valence-corrected chi connectivity index (χ3v) is 4.84. The van der Waals surface area contributed by atoms with Crippen LogP contribution in [0.15, 0.2) is 58.3 Å². The van der Waals surface area contributed by atoms with Crippen LogP contribution in [0.4, 0.5) is 0 Å². The Bertz CT molecular complexity index is 522. The zero-order valence-electron chi connectivity index (χ0n) is 16.1. The first kappa shape index (κ1) is 19.8. The molecule has 0 saturated heterocycles. The summed E-state index contributed by atoms with van der Waals surface area (Å²) >= 11 is 1.28. The lowest BCUT2D eigenvalue weighted by Gasteiger charge is -2.18. The molecule has 0 nitrogen and oxygen atoms in total. The average Bonchev–Trinajstić information content (AvgIpc) is 2.48. The molecular weight excluding hydrogens is 296 g/mol. The second kappa shape index (κ2) is 8.06. The lowest BCUT2D eigenvalue weighted by molar-refractivity contribution is 0.589. The highest BCUT2D eigenvalue weighted by atomic mass is 32.2. The van der Waals surface area contributed by atoms with Gasteiger partial charge in [-0.2, -0.15) is 0 Å². The molecular formula is C22H33S+. The van der Waals surface area contributed by atoms with Crippen molar-refractivity contribution in [1.82, 2.24) is 0 Å². The van der Waals surface area contributed by atoms with Crippen molar-refractivity contribution in [3.05, 3.63) is 59.7 Å². The third-order valence-electron chi connectivity index (χ3n) is 3.72. The van der Waals surface area contributed by atoms with Crippen molar-refractivity contribution < 1.29 is 0 Å². The van der Waals surface area contributed by atoms with Crippen LogP contribution >= 0.6 is 0 Å². The molecule has 0 fully saturated rings. The van der Waals surface area contributed by atoms with Crippen LogP contribution in [0.2, 0.25) is 0 Å². The van der Waals surface area contributed by atoms with Gasteiger partial charge in [-0.3, -0.25) is 0 Å². The van der Waals surface area contributed by atoms with Gasteiger partial charge in [-0.1, -0.05) is 79.7 Å².